The third-order valence-corrected chi connectivity index (χ3v) is 5.72. The number of ether oxygens (including phenoxy) is 3. The highest BCUT2D eigenvalue weighted by Crippen LogP contribution is 2.39. The Balaban J connectivity index is 1.92. The molecule has 2 aromatic carbocycles. The van der Waals surface area contributed by atoms with Gasteiger partial charge >= 0.3 is 0 Å². The van der Waals surface area contributed by atoms with E-state index in [2.05, 4.69) is 20.8 Å². The second kappa shape index (κ2) is 9.41. The van der Waals surface area contributed by atoms with Crippen LogP contribution in [0.5, 0.6) is 17.2 Å². The van der Waals surface area contributed by atoms with Gasteiger partial charge in [-0.1, -0.05) is 20.8 Å². The van der Waals surface area contributed by atoms with Crippen molar-refractivity contribution in [2.24, 2.45) is 0 Å². The van der Waals surface area contributed by atoms with E-state index in [-0.39, 0.29) is 48.0 Å². The number of halogens is 1. The average Bonchev–Trinajstić information content (AvgIpc) is 3.04. The molecule has 0 fully saturated rings. The third-order valence-electron chi connectivity index (χ3n) is 5.72. The third kappa shape index (κ3) is 4.68. The van der Waals surface area contributed by atoms with Crippen molar-refractivity contribution < 1.29 is 23.4 Å². The largest absolute Gasteiger partial charge is 0.496 e. The lowest BCUT2D eigenvalue weighted by Gasteiger charge is -2.25. The molecule has 0 aliphatic carbocycles. The van der Waals surface area contributed by atoms with Crippen LogP contribution in [0.3, 0.4) is 0 Å². The van der Waals surface area contributed by atoms with Crippen molar-refractivity contribution >= 4 is 11.6 Å². The molecule has 2 aromatic rings. The molecular formula is C26H33FN2O4. The lowest BCUT2D eigenvalue weighted by molar-refractivity contribution is 0.0962. The van der Waals surface area contributed by atoms with E-state index in [1.165, 1.54) is 0 Å². The Labute approximate surface area is 195 Å². The van der Waals surface area contributed by atoms with E-state index in [9.17, 15) is 4.79 Å². The van der Waals surface area contributed by atoms with Gasteiger partial charge in [0.2, 0.25) is 0 Å². The number of carbonyl (C=O) groups is 1. The number of hydrogen-bond donors (Lipinski definition) is 1. The molecule has 6 nitrogen and oxygen atoms in total. The number of aryl methyl sites for hydroxylation is 1. The van der Waals surface area contributed by atoms with Crippen LogP contribution in [0.1, 0.15) is 67.2 Å². The van der Waals surface area contributed by atoms with Gasteiger partial charge in [-0.25, -0.2) is 4.39 Å². The number of carbonyl (C=O) groups excluding carboxylic acids is 1. The molecule has 1 N–H and O–H groups in total. The van der Waals surface area contributed by atoms with Crippen LogP contribution in [0.15, 0.2) is 18.2 Å². The molecule has 0 bridgehead atoms. The zero-order chi connectivity index (χ0) is 24.5. The van der Waals surface area contributed by atoms with E-state index in [4.69, 9.17) is 19.6 Å². The van der Waals surface area contributed by atoms with Crippen molar-refractivity contribution in [1.29, 1.82) is 5.41 Å². The van der Waals surface area contributed by atoms with Gasteiger partial charge in [-0.15, -0.1) is 0 Å². The van der Waals surface area contributed by atoms with Gasteiger partial charge in [-0.05, 0) is 55.5 Å². The fourth-order valence-electron chi connectivity index (χ4n) is 4.19. The number of hydrogen-bond acceptors (Lipinski definition) is 5. The minimum absolute atomic E-state index is 0.0108. The van der Waals surface area contributed by atoms with Crippen LogP contribution in [0, 0.1) is 18.2 Å². The minimum atomic E-state index is -0.618. The molecule has 0 unspecified atom stereocenters. The van der Waals surface area contributed by atoms with Crippen molar-refractivity contribution in [3.05, 3.63) is 51.8 Å². The van der Waals surface area contributed by atoms with Crippen LogP contribution < -0.4 is 14.2 Å². The van der Waals surface area contributed by atoms with Gasteiger partial charge in [-0.3, -0.25) is 10.2 Å². The van der Waals surface area contributed by atoms with E-state index in [0.717, 1.165) is 16.9 Å². The Morgan fingerprint density at radius 2 is 1.79 bits per heavy atom. The first-order valence-electron chi connectivity index (χ1n) is 11.2. The number of amidine groups is 1. The molecule has 33 heavy (non-hydrogen) atoms. The van der Waals surface area contributed by atoms with Gasteiger partial charge < -0.3 is 19.1 Å². The minimum Gasteiger partial charge on any atom is -0.496 e. The molecule has 0 spiro atoms. The van der Waals surface area contributed by atoms with Crippen LogP contribution in [0.2, 0.25) is 0 Å². The SMILES string of the molecule is CCOc1cc2c(c(F)c1OCC)C(=N)N(CC(=O)c1cc(C)c(OC)c(C(C)(C)C)c1)C2. The zero-order valence-electron chi connectivity index (χ0n) is 20.5. The molecular weight excluding hydrogens is 423 g/mol. The van der Waals surface area contributed by atoms with E-state index in [1.54, 1.807) is 25.0 Å². The fraction of sp³-hybridized carbons (Fsp3) is 0.462. The predicted molar refractivity (Wildman–Crippen MR) is 127 cm³/mol. The number of nitrogens with zero attached hydrogens (tertiary/aromatic N) is 1. The standard InChI is InChI=1S/C26H33FN2O4/c1-8-32-20-12-17-13-29(25(28)21(17)22(27)24(20)33-9-2)14-19(30)16-10-15(3)23(31-7)18(11-16)26(4,5)6/h10-12,28H,8-9,13-14H2,1-7H3. The van der Waals surface area contributed by atoms with Crippen LogP contribution in [-0.2, 0) is 12.0 Å². The molecule has 1 aliphatic rings. The number of methoxy groups -OCH3 is 1. The van der Waals surface area contributed by atoms with E-state index < -0.39 is 5.82 Å². The Kier molecular flexibility index (Phi) is 7.00. The van der Waals surface area contributed by atoms with Crippen molar-refractivity contribution in [3.63, 3.8) is 0 Å². The second-order valence-electron chi connectivity index (χ2n) is 9.17. The van der Waals surface area contributed by atoms with Gasteiger partial charge in [0.1, 0.15) is 11.6 Å². The summed E-state index contributed by atoms with van der Waals surface area (Å²) in [6.07, 6.45) is 0. The van der Waals surface area contributed by atoms with Gasteiger partial charge in [-0.2, -0.15) is 0 Å². The number of nitrogens with one attached hydrogen (secondary N) is 1. The highest BCUT2D eigenvalue weighted by Gasteiger charge is 2.33. The number of fused-ring (bicyclic) bond motifs is 1. The molecule has 3 rings (SSSR count). The van der Waals surface area contributed by atoms with E-state index in [1.807, 2.05) is 26.0 Å². The van der Waals surface area contributed by atoms with Crippen molar-refractivity contribution in [3.8, 4) is 17.2 Å². The molecule has 0 amide bonds. The van der Waals surface area contributed by atoms with E-state index in [0.29, 0.717) is 23.5 Å². The Morgan fingerprint density at radius 3 is 2.36 bits per heavy atom. The Bertz CT molecular complexity index is 1090. The summed E-state index contributed by atoms with van der Waals surface area (Å²) in [6, 6.07) is 5.38. The van der Waals surface area contributed by atoms with Gasteiger partial charge in [0.25, 0.3) is 0 Å². The molecule has 1 heterocycles. The van der Waals surface area contributed by atoms with Crippen LogP contribution in [0.25, 0.3) is 0 Å². The summed E-state index contributed by atoms with van der Waals surface area (Å²) in [5.74, 6) is 0.316. The molecule has 0 atom stereocenters. The van der Waals surface area contributed by atoms with Crippen LogP contribution in [-0.4, -0.2) is 43.4 Å². The maximum Gasteiger partial charge on any atom is 0.197 e. The van der Waals surface area contributed by atoms with Gasteiger partial charge in [0.15, 0.2) is 23.1 Å². The summed E-state index contributed by atoms with van der Waals surface area (Å²) in [7, 11) is 1.63. The zero-order valence-corrected chi connectivity index (χ0v) is 20.5. The average molecular weight is 457 g/mol. The molecule has 178 valence electrons. The lowest BCUT2D eigenvalue weighted by Crippen LogP contribution is -2.30. The van der Waals surface area contributed by atoms with Crippen molar-refractivity contribution in [2.45, 2.75) is 53.5 Å². The number of ketones is 1. The number of benzene rings is 2. The molecule has 0 aromatic heterocycles. The maximum atomic E-state index is 15.3. The first-order chi connectivity index (χ1) is 15.5. The summed E-state index contributed by atoms with van der Waals surface area (Å²) in [6.45, 7) is 12.6. The predicted octanol–water partition coefficient (Wildman–Crippen LogP) is 5.26. The van der Waals surface area contributed by atoms with Crippen LogP contribution in [0.4, 0.5) is 4.39 Å². The molecule has 0 saturated carbocycles. The smallest absolute Gasteiger partial charge is 0.197 e. The van der Waals surface area contributed by atoms with Gasteiger partial charge in [0.05, 0.1) is 32.4 Å². The number of rotatable bonds is 8. The van der Waals surface area contributed by atoms with E-state index >= 15 is 4.39 Å². The highest BCUT2D eigenvalue weighted by molar-refractivity contribution is 6.06. The summed E-state index contributed by atoms with van der Waals surface area (Å²) in [5, 5.41) is 8.55. The van der Waals surface area contributed by atoms with Crippen LogP contribution >= 0.6 is 0 Å². The normalized spacial score (nSPS) is 13.2. The second-order valence-corrected chi connectivity index (χ2v) is 9.17. The fourth-order valence-corrected chi connectivity index (χ4v) is 4.19. The quantitative estimate of drug-likeness (QED) is 0.549. The summed E-state index contributed by atoms with van der Waals surface area (Å²) in [5.41, 5.74) is 2.93. The summed E-state index contributed by atoms with van der Waals surface area (Å²) >= 11 is 0. The maximum absolute atomic E-state index is 15.3. The van der Waals surface area contributed by atoms with Gasteiger partial charge in [0, 0.05) is 17.7 Å². The topological polar surface area (TPSA) is 71.9 Å². The molecule has 0 saturated heterocycles. The highest BCUT2D eigenvalue weighted by atomic mass is 19.1. The summed E-state index contributed by atoms with van der Waals surface area (Å²) in [4.78, 5) is 14.8. The van der Waals surface area contributed by atoms with Crippen molar-refractivity contribution in [2.75, 3.05) is 26.9 Å². The monoisotopic (exact) mass is 456 g/mol. The Morgan fingerprint density at radius 1 is 1.12 bits per heavy atom. The lowest BCUT2D eigenvalue weighted by atomic mass is 9.83. The molecule has 7 heteroatoms. The summed E-state index contributed by atoms with van der Waals surface area (Å²) < 4.78 is 31.9. The first-order valence-corrected chi connectivity index (χ1v) is 11.2. The molecule has 0 radical (unpaired) electrons. The molecule has 1 aliphatic heterocycles. The Hall–Kier alpha value is -3.09. The first kappa shape index (κ1) is 24.6. The van der Waals surface area contributed by atoms with Crippen molar-refractivity contribution in [1.82, 2.24) is 4.90 Å². The number of Topliss-reactive ketones (excluding diaryl/α,β-unsaturated/α-hetero) is 1.